The van der Waals surface area contributed by atoms with Crippen LogP contribution in [0, 0.1) is 17.1 Å². The molecule has 3 aromatic rings. The van der Waals surface area contributed by atoms with Gasteiger partial charge in [0.25, 0.3) is 0 Å². The summed E-state index contributed by atoms with van der Waals surface area (Å²) in [6.07, 6.45) is 3.00. The van der Waals surface area contributed by atoms with E-state index in [9.17, 15) is 23.2 Å². The molecule has 160 valence electrons. The van der Waals surface area contributed by atoms with Crippen LogP contribution >= 0.6 is 0 Å². The van der Waals surface area contributed by atoms with Crippen LogP contribution in [0.25, 0.3) is 11.0 Å². The number of hydrogen-bond acceptors (Lipinski definition) is 4. The Morgan fingerprint density at radius 1 is 1.29 bits per heavy atom. The van der Waals surface area contributed by atoms with E-state index in [0.717, 1.165) is 11.8 Å². The van der Waals surface area contributed by atoms with E-state index in [-0.39, 0.29) is 31.2 Å². The van der Waals surface area contributed by atoms with Crippen molar-refractivity contribution in [1.82, 2.24) is 9.97 Å². The van der Waals surface area contributed by atoms with E-state index in [1.54, 1.807) is 24.4 Å². The highest BCUT2D eigenvalue weighted by Gasteiger charge is 2.36. The molecule has 9 heteroatoms. The van der Waals surface area contributed by atoms with E-state index in [0.29, 0.717) is 40.8 Å². The number of aromatic nitrogens is 2. The first kappa shape index (κ1) is 20.7. The molecular weight excluding hydrogens is 407 g/mol. The minimum Gasteiger partial charge on any atom is -0.374 e. The lowest BCUT2D eigenvalue weighted by Crippen LogP contribution is -2.24. The maximum Gasteiger partial charge on any atom is 0.248 e. The van der Waals surface area contributed by atoms with Crippen molar-refractivity contribution in [2.75, 3.05) is 17.2 Å². The molecule has 3 N–H and O–H groups in total. The molecule has 0 atom stereocenters. The van der Waals surface area contributed by atoms with E-state index in [1.807, 2.05) is 0 Å². The van der Waals surface area contributed by atoms with Crippen molar-refractivity contribution >= 4 is 28.3 Å². The van der Waals surface area contributed by atoms with E-state index < -0.39 is 11.7 Å². The molecule has 0 saturated heterocycles. The Kier molecular flexibility index (Phi) is 5.55. The molecule has 1 amide bonds. The van der Waals surface area contributed by atoms with Gasteiger partial charge in [-0.15, -0.1) is 0 Å². The van der Waals surface area contributed by atoms with Gasteiger partial charge >= 0.3 is 0 Å². The van der Waals surface area contributed by atoms with Crippen LogP contribution in [0.4, 0.5) is 24.5 Å². The zero-order valence-corrected chi connectivity index (χ0v) is 16.5. The minimum absolute atomic E-state index is 0.0786. The summed E-state index contributed by atoms with van der Waals surface area (Å²) in [5, 5.41) is 15.7. The zero-order valence-electron chi connectivity index (χ0n) is 16.5. The summed E-state index contributed by atoms with van der Waals surface area (Å²) < 4.78 is 40.3. The number of aromatic amines is 1. The van der Waals surface area contributed by atoms with E-state index >= 15 is 0 Å². The molecule has 4 rings (SSSR count). The first-order chi connectivity index (χ1) is 14.8. The van der Waals surface area contributed by atoms with Gasteiger partial charge in [0, 0.05) is 30.1 Å². The van der Waals surface area contributed by atoms with Gasteiger partial charge < -0.3 is 15.6 Å². The Labute approximate surface area is 176 Å². The van der Waals surface area contributed by atoms with Gasteiger partial charge in [-0.05, 0) is 42.5 Å². The van der Waals surface area contributed by atoms with Gasteiger partial charge in [-0.25, -0.2) is 18.2 Å². The number of carbonyl (C=O) groups excluding carboxylic acids is 1. The maximum absolute atomic E-state index is 13.4. The van der Waals surface area contributed by atoms with Gasteiger partial charge in [0.15, 0.2) is 0 Å². The minimum atomic E-state index is -2.63. The number of anilines is 2. The second-order valence-corrected chi connectivity index (χ2v) is 7.70. The zero-order chi connectivity index (χ0) is 22.0. The van der Waals surface area contributed by atoms with Crippen molar-refractivity contribution in [3.8, 4) is 6.07 Å². The molecule has 1 saturated carbocycles. The largest absolute Gasteiger partial charge is 0.374 e. The Bertz CT molecular complexity index is 1160. The molecule has 2 heterocycles. The van der Waals surface area contributed by atoms with E-state index in [1.165, 1.54) is 6.07 Å². The Morgan fingerprint density at radius 3 is 2.81 bits per heavy atom. The van der Waals surface area contributed by atoms with Crippen molar-refractivity contribution in [1.29, 1.82) is 5.26 Å². The molecule has 1 aliphatic carbocycles. The summed E-state index contributed by atoms with van der Waals surface area (Å²) in [6, 6.07) is 8.38. The fourth-order valence-corrected chi connectivity index (χ4v) is 3.94. The highest BCUT2D eigenvalue weighted by molar-refractivity contribution is 5.96. The number of nitrogens with one attached hydrogen (secondary N) is 3. The second kappa shape index (κ2) is 8.30. The molecule has 31 heavy (non-hydrogen) atoms. The van der Waals surface area contributed by atoms with Gasteiger partial charge in [0.2, 0.25) is 11.8 Å². The van der Waals surface area contributed by atoms with Crippen LogP contribution in [0.1, 0.15) is 42.7 Å². The third-order valence-corrected chi connectivity index (χ3v) is 5.55. The topological polar surface area (TPSA) is 93.6 Å². The number of rotatable bonds is 5. The fourth-order valence-electron chi connectivity index (χ4n) is 3.94. The van der Waals surface area contributed by atoms with Crippen molar-refractivity contribution in [3.05, 3.63) is 53.6 Å². The lowest BCUT2D eigenvalue weighted by Gasteiger charge is -2.29. The summed E-state index contributed by atoms with van der Waals surface area (Å²) >= 11 is 0. The summed E-state index contributed by atoms with van der Waals surface area (Å²) in [5.74, 6) is -3.55. The van der Waals surface area contributed by atoms with Crippen molar-refractivity contribution in [3.63, 3.8) is 0 Å². The molecule has 0 aliphatic heterocycles. The molecular formula is C22H20F3N5O. The lowest BCUT2D eigenvalue weighted by atomic mass is 9.80. The predicted molar refractivity (Wildman–Crippen MR) is 110 cm³/mol. The number of nitrogens with zero attached hydrogens (tertiary/aromatic N) is 2. The van der Waals surface area contributed by atoms with Crippen LogP contribution in [0.15, 0.2) is 36.7 Å². The molecule has 6 nitrogen and oxygen atoms in total. The monoisotopic (exact) mass is 427 g/mol. The number of pyridine rings is 1. The summed E-state index contributed by atoms with van der Waals surface area (Å²) in [4.78, 5) is 19.1. The van der Waals surface area contributed by atoms with Crippen molar-refractivity contribution in [2.45, 2.75) is 37.5 Å². The number of carbonyl (C=O) groups is 1. The molecule has 0 bridgehead atoms. The average molecular weight is 427 g/mol. The summed E-state index contributed by atoms with van der Waals surface area (Å²) in [7, 11) is 0. The number of alkyl halides is 2. The average Bonchev–Trinajstić information content (AvgIpc) is 3.14. The van der Waals surface area contributed by atoms with Crippen LogP contribution in [0.2, 0.25) is 0 Å². The molecule has 0 radical (unpaired) electrons. The standard InChI is InChI=1S/C22H20F3N5O/c23-15-8-18-19(11-29-21(18)28-10-15)27-12-20(31)30-16-1-2-17(14(7-16)9-26)13-3-5-22(24,25)6-4-13/h1-2,7-8,10-11,13,27H,3-6,12H2,(H,28,29)(H,30,31). The first-order valence-corrected chi connectivity index (χ1v) is 9.93. The third kappa shape index (κ3) is 4.63. The molecule has 1 fully saturated rings. The molecule has 1 aromatic carbocycles. The number of amides is 1. The molecule has 2 aromatic heterocycles. The van der Waals surface area contributed by atoms with Crippen molar-refractivity contribution < 1.29 is 18.0 Å². The predicted octanol–water partition coefficient (Wildman–Crippen LogP) is 4.92. The molecule has 0 spiro atoms. The van der Waals surface area contributed by atoms with Crippen LogP contribution in [0.3, 0.4) is 0 Å². The number of benzene rings is 1. The smallest absolute Gasteiger partial charge is 0.248 e. The van der Waals surface area contributed by atoms with Crippen LogP contribution in [0.5, 0.6) is 0 Å². The van der Waals surface area contributed by atoms with E-state index in [2.05, 4.69) is 26.7 Å². The Hall–Kier alpha value is -3.54. The normalized spacial score (nSPS) is 16.1. The van der Waals surface area contributed by atoms with Gasteiger partial charge in [0.05, 0.1) is 30.1 Å². The van der Waals surface area contributed by atoms with Gasteiger partial charge in [-0.3, -0.25) is 4.79 Å². The summed E-state index contributed by atoms with van der Waals surface area (Å²) in [6.45, 7) is -0.0786. The Morgan fingerprint density at radius 2 is 2.06 bits per heavy atom. The second-order valence-electron chi connectivity index (χ2n) is 7.70. The fraction of sp³-hybridized carbons (Fsp3) is 0.318. The number of hydrogen-bond donors (Lipinski definition) is 3. The number of nitriles is 1. The van der Waals surface area contributed by atoms with E-state index in [4.69, 9.17) is 0 Å². The lowest BCUT2D eigenvalue weighted by molar-refractivity contribution is -0.114. The van der Waals surface area contributed by atoms with Gasteiger partial charge in [-0.2, -0.15) is 5.26 Å². The first-order valence-electron chi connectivity index (χ1n) is 9.93. The molecule has 0 unspecified atom stereocenters. The van der Waals surface area contributed by atoms with Gasteiger partial charge in [-0.1, -0.05) is 6.07 Å². The van der Waals surface area contributed by atoms with Gasteiger partial charge in [0.1, 0.15) is 11.5 Å². The Balaban J connectivity index is 1.40. The summed E-state index contributed by atoms with van der Waals surface area (Å²) in [5.41, 5.74) is 2.60. The van der Waals surface area contributed by atoms with Crippen LogP contribution in [-0.4, -0.2) is 28.3 Å². The van der Waals surface area contributed by atoms with Crippen LogP contribution < -0.4 is 10.6 Å². The van der Waals surface area contributed by atoms with Crippen molar-refractivity contribution in [2.24, 2.45) is 0 Å². The van der Waals surface area contributed by atoms with Crippen LogP contribution in [-0.2, 0) is 4.79 Å². The number of fused-ring (bicyclic) bond motifs is 1. The highest BCUT2D eigenvalue weighted by atomic mass is 19.3. The quantitative estimate of drug-likeness (QED) is 0.539. The SMILES string of the molecule is N#Cc1cc(NC(=O)CNc2c[nH]c3ncc(F)cc23)ccc1C1CCC(F)(F)CC1. The third-order valence-electron chi connectivity index (χ3n) is 5.55. The highest BCUT2D eigenvalue weighted by Crippen LogP contribution is 2.42. The molecule has 1 aliphatic rings. The number of halogens is 3. The maximum atomic E-state index is 13.4. The number of H-pyrrole nitrogens is 1.